The van der Waals surface area contributed by atoms with Gasteiger partial charge in [0.05, 0.1) is 6.54 Å². The van der Waals surface area contributed by atoms with Gasteiger partial charge in [-0.05, 0) is 31.2 Å². The van der Waals surface area contributed by atoms with Gasteiger partial charge in [-0.15, -0.1) is 0 Å². The smallest absolute Gasteiger partial charge is 0.233 e. The number of carbonyl (C=O) groups excluding carboxylic acids is 1. The minimum atomic E-state index is 0.0873. The number of rotatable bonds is 6. The van der Waals surface area contributed by atoms with E-state index < -0.39 is 0 Å². The lowest BCUT2D eigenvalue weighted by molar-refractivity contribution is -0.120. The summed E-state index contributed by atoms with van der Waals surface area (Å²) in [7, 11) is 0. The highest BCUT2D eigenvalue weighted by atomic mass is 16.1. The first kappa shape index (κ1) is 15.0. The summed E-state index contributed by atoms with van der Waals surface area (Å²) < 4.78 is 0. The highest BCUT2D eigenvalue weighted by molar-refractivity contribution is 5.77. The average Bonchev–Trinajstić information content (AvgIpc) is 2.50. The molecule has 110 valence electrons. The Morgan fingerprint density at radius 3 is 2.55 bits per heavy atom. The molecule has 1 aliphatic rings. The number of hydrogen-bond donors (Lipinski definition) is 2. The molecular formula is C17H26N2O. The van der Waals surface area contributed by atoms with Crippen LogP contribution >= 0.6 is 0 Å². The third kappa shape index (κ3) is 4.34. The van der Waals surface area contributed by atoms with Crippen LogP contribution in [0.25, 0.3) is 0 Å². The third-order valence-electron chi connectivity index (χ3n) is 4.14. The predicted octanol–water partition coefficient (Wildman–Crippen LogP) is 3.03. The van der Waals surface area contributed by atoms with Crippen LogP contribution in [0.15, 0.2) is 30.3 Å². The zero-order valence-electron chi connectivity index (χ0n) is 12.4. The van der Waals surface area contributed by atoms with E-state index in [1.807, 2.05) is 13.0 Å². The van der Waals surface area contributed by atoms with Gasteiger partial charge in [0.25, 0.3) is 0 Å². The molecule has 2 N–H and O–H groups in total. The lowest BCUT2D eigenvalue weighted by atomic mass is 9.81. The molecule has 1 aromatic carbocycles. The molecule has 0 heterocycles. The molecule has 1 aromatic rings. The van der Waals surface area contributed by atoms with Crippen LogP contribution in [0.1, 0.15) is 50.6 Å². The summed E-state index contributed by atoms with van der Waals surface area (Å²) in [4.78, 5) is 11.7. The van der Waals surface area contributed by atoms with Crippen molar-refractivity contribution in [2.45, 2.75) is 45.1 Å². The van der Waals surface area contributed by atoms with E-state index in [4.69, 9.17) is 0 Å². The van der Waals surface area contributed by atoms with E-state index in [0.29, 0.717) is 25.0 Å². The summed E-state index contributed by atoms with van der Waals surface area (Å²) >= 11 is 0. The molecule has 0 bridgehead atoms. The van der Waals surface area contributed by atoms with Gasteiger partial charge >= 0.3 is 0 Å². The Morgan fingerprint density at radius 2 is 1.90 bits per heavy atom. The molecule has 0 radical (unpaired) electrons. The van der Waals surface area contributed by atoms with Gasteiger partial charge in [0.2, 0.25) is 5.91 Å². The van der Waals surface area contributed by atoms with Crippen LogP contribution in [0.2, 0.25) is 0 Å². The standard InChI is InChI=1S/C17H26N2O/c1-2-18-16(20)13-19-17(14-9-5-3-6-10-14)15-11-7-4-8-12-15/h3,5-6,9-10,15,17,19H,2,4,7-8,11-13H2,1H3,(H,18,20). The van der Waals surface area contributed by atoms with Gasteiger partial charge in [-0.3, -0.25) is 4.79 Å². The Balaban J connectivity index is 2.02. The monoisotopic (exact) mass is 274 g/mol. The number of carbonyl (C=O) groups is 1. The van der Waals surface area contributed by atoms with Gasteiger partial charge < -0.3 is 10.6 Å². The number of amides is 1. The Labute approximate surface area is 122 Å². The van der Waals surface area contributed by atoms with Gasteiger partial charge in [0, 0.05) is 12.6 Å². The molecule has 1 amide bonds. The molecule has 3 heteroatoms. The summed E-state index contributed by atoms with van der Waals surface area (Å²) in [5.41, 5.74) is 1.31. The van der Waals surface area contributed by atoms with E-state index in [-0.39, 0.29) is 5.91 Å². The maximum absolute atomic E-state index is 11.7. The van der Waals surface area contributed by atoms with Crippen LogP contribution in [-0.4, -0.2) is 19.0 Å². The third-order valence-corrected chi connectivity index (χ3v) is 4.14. The normalized spacial score (nSPS) is 17.6. The number of hydrogen-bond acceptors (Lipinski definition) is 2. The molecule has 1 unspecified atom stereocenters. The van der Waals surface area contributed by atoms with Crippen LogP contribution in [0.5, 0.6) is 0 Å². The van der Waals surface area contributed by atoms with Crippen LogP contribution in [0.3, 0.4) is 0 Å². The first-order valence-corrected chi connectivity index (χ1v) is 7.86. The summed E-state index contributed by atoms with van der Waals surface area (Å²) in [5, 5.41) is 6.33. The van der Waals surface area contributed by atoms with E-state index in [2.05, 4.69) is 34.9 Å². The molecule has 1 saturated carbocycles. The highest BCUT2D eigenvalue weighted by Gasteiger charge is 2.24. The van der Waals surface area contributed by atoms with E-state index in [0.717, 1.165) is 0 Å². The SMILES string of the molecule is CCNC(=O)CNC(c1ccccc1)C1CCCCC1. The van der Waals surface area contributed by atoms with E-state index in [9.17, 15) is 4.79 Å². The second-order valence-electron chi connectivity index (χ2n) is 5.62. The highest BCUT2D eigenvalue weighted by Crippen LogP contribution is 2.34. The van der Waals surface area contributed by atoms with E-state index >= 15 is 0 Å². The number of benzene rings is 1. The number of nitrogens with one attached hydrogen (secondary N) is 2. The van der Waals surface area contributed by atoms with Gasteiger partial charge in [0.1, 0.15) is 0 Å². The topological polar surface area (TPSA) is 41.1 Å². The van der Waals surface area contributed by atoms with Crippen molar-refractivity contribution < 1.29 is 4.79 Å². The molecule has 0 aliphatic heterocycles. The molecular weight excluding hydrogens is 248 g/mol. The average molecular weight is 274 g/mol. The molecule has 1 aliphatic carbocycles. The van der Waals surface area contributed by atoms with Crippen LogP contribution in [0.4, 0.5) is 0 Å². The van der Waals surface area contributed by atoms with Gasteiger partial charge in [0.15, 0.2) is 0 Å². The fourth-order valence-corrected chi connectivity index (χ4v) is 3.15. The number of likely N-dealkylation sites (N-methyl/N-ethyl adjacent to an activating group) is 1. The van der Waals surface area contributed by atoms with Crippen molar-refractivity contribution in [2.75, 3.05) is 13.1 Å². The molecule has 3 nitrogen and oxygen atoms in total. The lowest BCUT2D eigenvalue weighted by Crippen LogP contribution is -2.38. The molecule has 1 fully saturated rings. The van der Waals surface area contributed by atoms with E-state index in [1.54, 1.807) is 0 Å². The van der Waals surface area contributed by atoms with Crippen LogP contribution < -0.4 is 10.6 Å². The summed E-state index contributed by atoms with van der Waals surface area (Å²) in [6.07, 6.45) is 6.52. The zero-order chi connectivity index (χ0) is 14.2. The van der Waals surface area contributed by atoms with Gasteiger partial charge in [-0.25, -0.2) is 0 Å². The minimum Gasteiger partial charge on any atom is -0.355 e. The Morgan fingerprint density at radius 1 is 1.20 bits per heavy atom. The fourth-order valence-electron chi connectivity index (χ4n) is 3.15. The van der Waals surface area contributed by atoms with Crippen molar-refractivity contribution in [3.8, 4) is 0 Å². The molecule has 0 spiro atoms. The largest absolute Gasteiger partial charge is 0.355 e. The van der Waals surface area contributed by atoms with Crippen LogP contribution in [0, 0.1) is 5.92 Å². The van der Waals surface area contributed by atoms with Gasteiger partial charge in [-0.2, -0.15) is 0 Å². The molecule has 0 saturated heterocycles. The Bertz CT molecular complexity index is 399. The van der Waals surface area contributed by atoms with Crippen molar-refractivity contribution in [3.63, 3.8) is 0 Å². The fraction of sp³-hybridized carbons (Fsp3) is 0.588. The van der Waals surface area contributed by atoms with Crippen molar-refractivity contribution in [1.82, 2.24) is 10.6 Å². The summed E-state index contributed by atoms with van der Waals surface area (Å²) in [5.74, 6) is 0.741. The molecule has 1 atom stereocenters. The second kappa shape index (κ2) is 8.05. The summed E-state index contributed by atoms with van der Waals surface area (Å²) in [6.45, 7) is 3.05. The maximum Gasteiger partial charge on any atom is 0.233 e. The quantitative estimate of drug-likeness (QED) is 0.837. The predicted molar refractivity (Wildman–Crippen MR) is 82.4 cm³/mol. The lowest BCUT2D eigenvalue weighted by Gasteiger charge is -2.31. The zero-order valence-corrected chi connectivity index (χ0v) is 12.4. The van der Waals surface area contributed by atoms with Crippen LogP contribution in [-0.2, 0) is 4.79 Å². The minimum absolute atomic E-state index is 0.0873. The summed E-state index contributed by atoms with van der Waals surface area (Å²) in [6, 6.07) is 10.9. The second-order valence-corrected chi connectivity index (χ2v) is 5.62. The Kier molecular flexibility index (Phi) is 6.06. The van der Waals surface area contributed by atoms with Gasteiger partial charge in [-0.1, -0.05) is 49.6 Å². The molecule has 0 aromatic heterocycles. The van der Waals surface area contributed by atoms with E-state index in [1.165, 1.54) is 37.7 Å². The first-order valence-electron chi connectivity index (χ1n) is 7.86. The Hall–Kier alpha value is -1.35. The van der Waals surface area contributed by atoms with Crippen molar-refractivity contribution in [3.05, 3.63) is 35.9 Å². The van der Waals surface area contributed by atoms with Crippen molar-refractivity contribution >= 4 is 5.91 Å². The molecule has 2 rings (SSSR count). The maximum atomic E-state index is 11.7. The van der Waals surface area contributed by atoms with Crippen molar-refractivity contribution in [1.29, 1.82) is 0 Å². The molecule has 20 heavy (non-hydrogen) atoms. The van der Waals surface area contributed by atoms with Crippen molar-refractivity contribution in [2.24, 2.45) is 5.92 Å². The first-order chi connectivity index (χ1) is 9.81.